The number of likely N-dealkylation sites (N-methyl/N-ethyl adjacent to an activating group) is 1. The molecule has 2 saturated heterocycles. The lowest BCUT2D eigenvalue weighted by atomic mass is 9.85. The molecule has 1 aromatic carbocycles. The van der Waals surface area contributed by atoms with Crippen molar-refractivity contribution in [1.29, 1.82) is 0 Å². The van der Waals surface area contributed by atoms with Crippen molar-refractivity contribution in [2.75, 3.05) is 38.1 Å². The molecule has 0 aliphatic carbocycles. The van der Waals surface area contributed by atoms with Gasteiger partial charge in [0.05, 0.1) is 0 Å². The Labute approximate surface area is 149 Å². The van der Waals surface area contributed by atoms with Gasteiger partial charge in [0.15, 0.2) is 0 Å². The van der Waals surface area contributed by atoms with Crippen LogP contribution < -0.4 is 4.90 Å². The summed E-state index contributed by atoms with van der Waals surface area (Å²) in [7, 11) is 1.70. The Hall–Kier alpha value is -2.14. The van der Waals surface area contributed by atoms with Crippen LogP contribution >= 0.6 is 0 Å². The predicted molar refractivity (Wildman–Crippen MR) is 99.8 cm³/mol. The Kier molecular flexibility index (Phi) is 4.95. The normalized spacial score (nSPS) is 19.8. The van der Waals surface area contributed by atoms with Gasteiger partial charge in [0, 0.05) is 36.9 Å². The van der Waals surface area contributed by atoms with Gasteiger partial charge in [-0.2, -0.15) is 0 Å². The molecule has 0 N–H and O–H groups in total. The van der Waals surface area contributed by atoms with Crippen LogP contribution in [0.25, 0.3) is 0 Å². The largest absolute Gasteiger partial charge is 0.339 e. The Morgan fingerprint density at radius 1 is 1.12 bits per heavy atom. The second kappa shape index (κ2) is 7.00. The van der Waals surface area contributed by atoms with Crippen LogP contribution in [0.1, 0.15) is 36.5 Å². The first kappa shape index (κ1) is 17.7. The van der Waals surface area contributed by atoms with Crippen molar-refractivity contribution in [1.82, 2.24) is 9.80 Å². The molecule has 2 heterocycles. The van der Waals surface area contributed by atoms with Crippen LogP contribution in [0.15, 0.2) is 36.9 Å². The topological polar surface area (TPSA) is 43.9 Å². The molecular formula is C20H27N3O2. The molecule has 25 heavy (non-hydrogen) atoms. The fourth-order valence-corrected chi connectivity index (χ4v) is 3.64. The van der Waals surface area contributed by atoms with E-state index in [4.69, 9.17) is 0 Å². The van der Waals surface area contributed by atoms with E-state index >= 15 is 0 Å². The number of amides is 2. The van der Waals surface area contributed by atoms with Crippen molar-refractivity contribution in [3.8, 4) is 0 Å². The van der Waals surface area contributed by atoms with Crippen LogP contribution in [0, 0.1) is 0 Å². The van der Waals surface area contributed by atoms with Gasteiger partial charge in [0.1, 0.15) is 0 Å². The van der Waals surface area contributed by atoms with Crippen molar-refractivity contribution < 1.29 is 9.59 Å². The van der Waals surface area contributed by atoms with Gasteiger partial charge in [-0.15, -0.1) is 0 Å². The Balaban J connectivity index is 1.62. The third kappa shape index (κ3) is 3.47. The van der Waals surface area contributed by atoms with Crippen LogP contribution in [0.3, 0.4) is 0 Å². The molecule has 2 fully saturated rings. The molecule has 1 aromatic rings. The van der Waals surface area contributed by atoms with Gasteiger partial charge in [0.2, 0.25) is 5.91 Å². The zero-order valence-corrected chi connectivity index (χ0v) is 15.2. The van der Waals surface area contributed by atoms with Gasteiger partial charge >= 0.3 is 0 Å². The van der Waals surface area contributed by atoms with E-state index in [0.717, 1.165) is 31.6 Å². The average Bonchev–Trinajstić information content (AvgIpc) is 2.59. The Bertz CT molecular complexity index is 656. The maximum absolute atomic E-state index is 12.8. The van der Waals surface area contributed by atoms with E-state index in [1.54, 1.807) is 19.2 Å². The second-order valence-corrected chi connectivity index (χ2v) is 7.28. The Morgan fingerprint density at radius 2 is 1.72 bits per heavy atom. The number of hydrogen-bond donors (Lipinski definition) is 0. The van der Waals surface area contributed by atoms with E-state index in [1.807, 2.05) is 17.0 Å². The molecule has 134 valence electrons. The van der Waals surface area contributed by atoms with E-state index in [-0.39, 0.29) is 17.4 Å². The first-order valence-corrected chi connectivity index (χ1v) is 8.99. The number of carbonyl (C=O) groups excluding carboxylic acids is 2. The number of rotatable bonds is 4. The van der Waals surface area contributed by atoms with E-state index < -0.39 is 0 Å². The molecule has 0 bridgehead atoms. The highest BCUT2D eigenvalue weighted by Crippen LogP contribution is 2.32. The van der Waals surface area contributed by atoms with Gasteiger partial charge in [-0.3, -0.25) is 14.5 Å². The number of benzene rings is 1. The minimum atomic E-state index is -0.166. The van der Waals surface area contributed by atoms with Gasteiger partial charge in [-0.05, 0) is 69.6 Å². The van der Waals surface area contributed by atoms with Gasteiger partial charge < -0.3 is 9.80 Å². The first-order valence-electron chi connectivity index (χ1n) is 8.99. The van der Waals surface area contributed by atoms with Gasteiger partial charge in [0.25, 0.3) is 5.91 Å². The standard InChI is InChI=1S/C20H27N3O2/c1-4-18(24)21(3)17-8-6-16(7-9-17)19(25)22-14-10-20(2,11-15-22)23-12-5-13-23/h4,6-9H,1,5,10-15H2,2-3H3. The summed E-state index contributed by atoms with van der Waals surface area (Å²) in [6, 6.07) is 7.22. The molecule has 0 spiro atoms. The molecule has 3 rings (SSSR count). The maximum atomic E-state index is 12.8. The highest BCUT2D eigenvalue weighted by molar-refractivity contribution is 6.01. The van der Waals surface area contributed by atoms with Crippen molar-refractivity contribution in [3.05, 3.63) is 42.5 Å². The summed E-state index contributed by atoms with van der Waals surface area (Å²) in [4.78, 5) is 30.4. The molecule has 2 amide bonds. The molecule has 0 radical (unpaired) electrons. The summed E-state index contributed by atoms with van der Waals surface area (Å²) < 4.78 is 0. The van der Waals surface area contributed by atoms with Crippen molar-refractivity contribution >= 4 is 17.5 Å². The van der Waals surface area contributed by atoms with E-state index in [0.29, 0.717) is 5.56 Å². The Morgan fingerprint density at radius 3 is 2.20 bits per heavy atom. The monoisotopic (exact) mass is 341 g/mol. The van der Waals surface area contributed by atoms with Crippen LogP contribution in [0.5, 0.6) is 0 Å². The lowest BCUT2D eigenvalue weighted by Gasteiger charge is -2.50. The minimum absolute atomic E-state index is 0.0786. The van der Waals surface area contributed by atoms with Gasteiger partial charge in [-0.1, -0.05) is 6.58 Å². The third-order valence-corrected chi connectivity index (χ3v) is 5.75. The van der Waals surface area contributed by atoms with E-state index in [2.05, 4.69) is 18.4 Å². The van der Waals surface area contributed by atoms with Gasteiger partial charge in [-0.25, -0.2) is 0 Å². The molecule has 0 saturated carbocycles. The highest BCUT2D eigenvalue weighted by atomic mass is 16.2. The number of nitrogens with zero attached hydrogens (tertiary/aromatic N) is 3. The minimum Gasteiger partial charge on any atom is -0.339 e. The lowest BCUT2D eigenvalue weighted by molar-refractivity contribution is -0.113. The van der Waals surface area contributed by atoms with Crippen LogP contribution in [-0.4, -0.2) is 60.4 Å². The number of piperidine rings is 1. The summed E-state index contributed by atoms with van der Waals surface area (Å²) in [5.74, 6) is -0.0877. The predicted octanol–water partition coefficient (Wildman–Crippen LogP) is 2.54. The van der Waals surface area contributed by atoms with Crippen LogP contribution in [0.2, 0.25) is 0 Å². The molecule has 2 aliphatic heterocycles. The summed E-state index contributed by atoms with van der Waals surface area (Å²) >= 11 is 0. The maximum Gasteiger partial charge on any atom is 0.253 e. The number of carbonyl (C=O) groups is 2. The number of anilines is 1. The lowest BCUT2D eigenvalue weighted by Crippen LogP contribution is -2.58. The molecule has 0 aromatic heterocycles. The zero-order chi connectivity index (χ0) is 18.0. The summed E-state index contributed by atoms with van der Waals surface area (Å²) in [5.41, 5.74) is 1.69. The average molecular weight is 341 g/mol. The molecule has 0 unspecified atom stereocenters. The van der Waals surface area contributed by atoms with Crippen molar-refractivity contribution in [3.63, 3.8) is 0 Å². The fourth-order valence-electron chi connectivity index (χ4n) is 3.64. The summed E-state index contributed by atoms with van der Waals surface area (Å²) in [6.45, 7) is 9.83. The fraction of sp³-hybridized carbons (Fsp3) is 0.500. The summed E-state index contributed by atoms with van der Waals surface area (Å²) in [6.07, 6.45) is 4.65. The van der Waals surface area contributed by atoms with Crippen LogP contribution in [0.4, 0.5) is 5.69 Å². The van der Waals surface area contributed by atoms with Crippen molar-refractivity contribution in [2.45, 2.75) is 31.7 Å². The molecule has 5 heteroatoms. The van der Waals surface area contributed by atoms with E-state index in [1.165, 1.54) is 30.5 Å². The van der Waals surface area contributed by atoms with Crippen LogP contribution in [-0.2, 0) is 4.79 Å². The molecule has 5 nitrogen and oxygen atoms in total. The highest BCUT2D eigenvalue weighted by Gasteiger charge is 2.39. The third-order valence-electron chi connectivity index (χ3n) is 5.75. The second-order valence-electron chi connectivity index (χ2n) is 7.28. The quantitative estimate of drug-likeness (QED) is 0.791. The summed E-state index contributed by atoms with van der Waals surface area (Å²) in [5, 5.41) is 0. The molecular weight excluding hydrogens is 314 g/mol. The number of likely N-dealkylation sites (tertiary alicyclic amines) is 2. The first-order chi connectivity index (χ1) is 11.9. The smallest absolute Gasteiger partial charge is 0.253 e. The SMILES string of the molecule is C=CC(=O)N(C)c1ccc(C(=O)N2CCC(C)(N3CCC3)CC2)cc1. The molecule has 0 atom stereocenters. The zero-order valence-electron chi connectivity index (χ0n) is 15.2. The number of hydrogen-bond acceptors (Lipinski definition) is 3. The van der Waals surface area contributed by atoms with Crippen molar-refractivity contribution in [2.24, 2.45) is 0 Å². The molecule has 2 aliphatic rings. The van der Waals surface area contributed by atoms with E-state index in [9.17, 15) is 9.59 Å².